The van der Waals surface area contributed by atoms with Gasteiger partial charge in [0.05, 0.1) is 0 Å². The summed E-state index contributed by atoms with van der Waals surface area (Å²) in [6.07, 6.45) is 4.97. The lowest BCUT2D eigenvalue weighted by atomic mass is 9.64. The Morgan fingerprint density at radius 1 is 0.415 bits per heavy atom. The standard InChI is InChI=1S/C60H50N3OP/c1-65(2,64)54-36-31-44(32-37-54)50-16-11-17-52(39-50)60(40-41-20-33-53(60)38-41)51-34-29-49(30-35-51)59-62-57(47-25-21-43(22-26-47)42-12-5-3-6-13-42)61-58(63-59)48-27-23-46(24-28-48)56-19-10-9-18-55(56)45-14-7-4-8-15-45/h3-19,21-32,34-37,39,41,53H,20,33,38,40H2,1-2H3. The Balaban J connectivity index is 0.967. The molecule has 8 aromatic carbocycles. The van der Waals surface area contributed by atoms with E-state index in [0.717, 1.165) is 51.0 Å². The van der Waals surface area contributed by atoms with Crippen molar-refractivity contribution in [1.82, 2.24) is 15.0 Å². The SMILES string of the molecule is CP(C)(=O)c1ccc(-c2cccc(C3(c4ccc(-c5nc(-c6ccc(-c7ccccc7)cc6)nc(-c6ccc(-c7ccccc7-c7ccccc7)cc6)n5)cc4)CC4CCC3C4)c2)cc1. The molecule has 0 saturated heterocycles. The molecule has 3 atom stereocenters. The molecule has 4 nitrogen and oxygen atoms in total. The molecule has 5 heteroatoms. The van der Waals surface area contributed by atoms with E-state index in [-0.39, 0.29) is 5.41 Å². The molecular formula is C60H50N3OP. The zero-order chi connectivity index (χ0) is 44.0. The highest BCUT2D eigenvalue weighted by Gasteiger charge is 2.52. The van der Waals surface area contributed by atoms with Gasteiger partial charge in [-0.1, -0.05) is 213 Å². The van der Waals surface area contributed by atoms with Crippen LogP contribution in [0.25, 0.3) is 78.7 Å². The van der Waals surface area contributed by atoms with Crippen molar-refractivity contribution in [2.75, 3.05) is 13.3 Å². The van der Waals surface area contributed by atoms with Crippen molar-refractivity contribution in [2.45, 2.75) is 31.1 Å². The fraction of sp³-hybridized carbons (Fsp3) is 0.150. The van der Waals surface area contributed by atoms with Gasteiger partial charge in [-0.25, -0.2) is 15.0 Å². The van der Waals surface area contributed by atoms with Crippen LogP contribution >= 0.6 is 7.14 Å². The van der Waals surface area contributed by atoms with Crippen LogP contribution in [-0.2, 0) is 9.98 Å². The second-order valence-corrected chi connectivity index (χ2v) is 21.6. The predicted octanol–water partition coefficient (Wildman–Crippen LogP) is 14.9. The van der Waals surface area contributed by atoms with E-state index in [0.29, 0.717) is 23.4 Å². The van der Waals surface area contributed by atoms with Crippen LogP contribution in [0, 0.1) is 11.8 Å². The highest BCUT2D eigenvalue weighted by molar-refractivity contribution is 7.70. The summed E-state index contributed by atoms with van der Waals surface area (Å²) in [6, 6.07) is 73.4. The number of rotatable bonds is 10. The summed E-state index contributed by atoms with van der Waals surface area (Å²) in [6.45, 7) is 3.67. The first-order chi connectivity index (χ1) is 31.8. The second kappa shape index (κ2) is 16.8. The van der Waals surface area contributed by atoms with Gasteiger partial charge in [0.25, 0.3) is 0 Å². The van der Waals surface area contributed by atoms with Crippen LogP contribution in [0.15, 0.2) is 206 Å². The van der Waals surface area contributed by atoms with Crippen LogP contribution in [0.1, 0.15) is 36.8 Å². The molecule has 2 saturated carbocycles. The smallest absolute Gasteiger partial charge is 0.164 e. The molecule has 0 N–H and O–H groups in total. The number of fused-ring (bicyclic) bond motifs is 2. The van der Waals surface area contributed by atoms with E-state index in [2.05, 4.69) is 188 Å². The van der Waals surface area contributed by atoms with Gasteiger partial charge in [-0.2, -0.15) is 0 Å². The van der Waals surface area contributed by atoms with Crippen molar-refractivity contribution in [3.8, 4) is 78.7 Å². The van der Waals surface area contributed by atoms with Crippen molar-refractivity contribution in [1.29, 1.82) is 0 Å². The fourth-order valence-electron chi connectivity index (χ4n) is 10.7. The van der Waals surface area contributed by atoms with Gasteiger partial charge in [0.15, 0.2) is 17.5 Å². The number of nitrogens with zero attached hydrogens (tertiary/aromatic N) is 3. The zero-order valence-corrected chi connectivity index (χ0v) is 37.7. The normalized spacial score (nSPS) is 17.9. The first kappa shape index (κ1) is 40.8. The van der Waals surface area contributed by atoms with Gasteiger partial charge < -0.3 is 4.57 Å². The summed E-state index contributed by atoms with van der Waals surface area (Å²) in [4.78, 5) is 15.5. The highest BCUT2D eigenvalue weighted by Crippen LogP contribution is 2.60. The molecule has 2 aliphatic rings. The molecule has 9 aromatic rings. The third-order valence-electron chi connectivity index (χ3n) is 14.1. The van der Waals surface area contributed by atoms with Gasteiger partial charge in [-0.05, 0) is 100 Å². The molecule has 0 radical (unpaired) electrons. The van der Waals surface area contributed by atoms with E-state index in [1.54, 1.807) is 0 Å². The Morgan fingerprint density at radius 2 is 0.846 bits per heavy atom. The van der Waals surface area contributed by atoms with Crippen LogP contribution in [0.3, 0.4) is 0 Å². The van der Waals surface area contributed by atoms with E-state index < -0.39 is 7.14 Å². The van der Waals surface area contributed by atoms with E-state index in [4.69, 9.17) is 15.0 Å². The van der Waals surface area contributed by atoms with Crippen LogP contribution < -0.4 is 5.30 Å². The zero-order valence-electron chi connectivity index (χ0n) is 36.8. The summed E-state index contributed by atoms with van der Waals surface area (Å²) in [5.41, 5.74) is 14.9. The van der Waals surface area contributed by atoms with Crippen molar-refractivity contribution >= 4 is 12.4 Å². The number of benzene rings is 8. The number of aromatic nitrogens is 3. The van der Waals surface area contributed by atoms with Crippen LogP contribution in [0.5, 0.6) is 0 Å². The quantitative estimate of drug-likeness (QED) is 0.129. The van der Waals surface area contributed by atoms with Crippen molar-refractivity contribution in [2.24, 2.45) is 11.8 Å². The minimum Gasteiger partial charge on any atom is -0.319 e. The van der Waals surface area contributed by atoms with Crippen molar-refractivity contribution in [3.63, 3.8) is 0 Å². The summed E-state index contributed by atoms with van der Waals surface area (Å²) in [7, 11) is -2.33. The molecule has 0 aliphatic heterocycles. The molecule has 65 heavy (non-hydrogen) atoms. The maximum Gasteiger partial charge on any atom is 0.164 e. The lowest BCUT2D eigenvalue weighted by Crippen LogP contribution is -2.34. The van der Waals surface area contributed by atoms with Crippen molar-refractivity contribution < 1.29 is 4.57 Å². The van der Waals surface area contributed by atoms with Gasteiger partial charge >= 0.3 is 0 Å². The van der Waals surface area contributed by atoms with Crippen LogP contribution in [-0.4, -0.2) is 28.3 Å². The van der Waals surface area contributed by atoms with Gasteiger partial charge in [-0.15, -0.1) is 0 Å². The van der Waals surface area contributed by atoms with Crippen LogP contribution in [0.4, 0.5) is 0 Å². The van der Waals surface area contributed by atoms with Crippen LogP contribution in [0.2, 0.25) is 0 Å². The minimum atomic E-state index is -2.33. The first-order valence-corrected chi connectivity index (χ1v) is 25.4. The average molecular weight is 860 g/mol. The summed E-state index contributed by atoms with van der Waals surface area (Å²) in [5, 5.41) is 0.916. The lowest BCUT2D eigenvalue weighted by molar-refractivity contribution is 0.320. The maximum atomic E-state index is 12.8. The highest BCUT2D eigenvalue weighted by atomic mass is 31.2. The van der Waals surface area contributed by atoms with E-state index in [1.807, 2.05) is 31.5 Å². The third-order valence-corrected chi connectivity index (χ3v) is 15.6. The Hall–Kier alpha value is -7.00. The van der Waals surface area contributed by atoms with E-state index in [9.17, 15) is 4.57 Å². The molecule has 2 bridgehead atoms. The Kier molecular flexibility index (Phi) is 10.6. The monoisotopic (exact) mass is 859 g/mol. The molecule has 0 spiro atoms. The van der Waals surface area contributed by atoms with Gasteiger partial charge in [-0.3, -0.25) is 0 Å². The first-order valence-electron chi connectivity index (χ1n) is 22.8. The summed E-state index contributed by atoms with van der Waals surface area (Å²) in [5.74, 6) is 3.24. The predicted molar refractivity (Wildman–Crippen MR) is 270 cm³/mol. The minimum absolute atomic E-state index is 0.0727. The molecular weight excluding hydrogens is 810 g/mol. The molecule has 2 aliphatic carbocycles. The molecule has 1 heterocycles. The summed E-state index contributed by atoms with van der Waals surface area (Å²) >= 11 is 0. The topological polar surface area (TPSA) is 55.7 Å². The molecule has 1 aromatic heterocycles. The Morgan fingerprint density at radius 3 is 1.37 bits per heavy atom. The number of hydrogen-bond acceptors (Lipinski definition) is 4. The summed E-state index contributed by atoms with van der Waals surface area (Å²) < 4.78 is 12.8. The van der Waals surface area contributed by atoms with Gasteiger partial charge in [0.2, 0.25) is 0 Å². The molecule has 2 fully saturated rings. The Bertz CT molecular complexity index is 3180. The Labute approximate surface area is 382 Å². The average Bonchev–Trinajstić information content (AvgIpc) is 4.00. The lowest BCUT2D eigenvalue weighted by Gasteiger charge is -2.39. The molecule has 316 valence electrons. The van der Waals surface area contributed by atoms with Gasteiger partial charge in [0.1, 0.15) is 7.14 Å². The molecule has 3 unspecified atom stereocenters. The van der Waals surface area contributed by atoms with E-state index >= 15 is 0 Å². The number of hydrogen-bond donors (Lipinski definition) is 0. The maximum absolute atomic E-state index is 12.8. The largest absolute Gasteiger partial charge is 0.319 e. The molecule has 0 amide bonds. The molecule has 11 rings (SSSR count). The fourth-order valence-corrected chi connectivity index (χ4v) is 11.6. The second-order valence-electron chi connectivity index (χ2n) is 18.3. The third kappa shape index (κ3) is 7.87. The van der Waals surface area contributed by atoms with Gasteiger partial charge in [0, 0.05) is 27.4 Å². The van der Waals surface area contributed by atoms with Crippen molar-refractivity contribution in [3.05, 3.63) is 217 Å². The van der Waals surface area contributed by atoms with E-state index in [1.165, 1.54) is 58.2 Å².